The highest BCUT2D eigenvalue weighted by atomic mass is 16.5. The van der Waals surface area contributed by atoms with Crippen LogP contribution in [0.3, 0.4) is 0 Å². The van der Waals surface area contributed by atoms with E-state index in [1.54, 1.807) is 12.1 Å². The molecule has 1 atom stereocenters. The summed E-state index contributed by atoms with van der Waals surface area (Å²) in [4.78, 5) is 26.1. The van der Waals surface area contributed by atoms with Crippen molar-refractivity contribution in [1.82, 2.24) is 0 Å². The number of fused-ring (bicyclic) bond motifs is 3. The van der Waals surface area contributed by atoms with E-state index in [2.05, 4.69) is 20.8 Å². The predicted molar refractivity (Wildman–Crippen MR) is 204 cm³/mol. The van der Waals surface area contributed by atoms with Gasteiger partial charge in [-0.1, -0.05) is 65.0 Å². The number of hydrogen-bond donors (Lipinski definition) is 0. The minimum atomic E-state index is -0.407. The van der Waals surface area contributed by atoms with Gasteiger partial charge in [-0.3, -0.25) is 4.79 Å². The highest BCUT2D eigenvalue weighted by Crippen LogP contribution is 2.47. The number of rotatable bonds is 19. The lowest BCUT2D eigenvalue weighted by atomic mass is 9.80. The SMILES string of the molecule is CCCCCC1CCC(C(=O)Oc2ccc3c(c2)C(C)c2cc(OC(=O)c4ccc(OCCCCCCOCC5(CC)COC5)cc4)ccc2-3)CC1. The molecule has 0 amide bonds. The first-order valence-corrected chi connectivity index (χ1v) is 20.0. The van der Waals surface area contributed by atoms with E-state index in [-0.39, 0.29) is 23.2 Å². The van der Waals surface area contributed by atoms with E-state index in [0.29, 0.717) is 23.7 Å². The number of carbonyl (C=O) groups excluding carboxylic acids is 2. The Kier molecular flexibility index (Phi) is 13.5. The minimum absolute atomic E-state index is 0.0102. The maximum Gasteiger partial charge on any atom is 0.343 e. The quantitative estimate of drug-likeness (QED) is 0.0696. The predicted octanol–water partition coefficient (Wildman–Crippen LogP) is 10.7. The van der Waals surface area contributed by atoms with Crippen molar-refractivity contribution in [2.75, 3.05) is 33.0 Å². The fraction of sp³-hybridized carbons (Fsp3) is 0.556. The lowest BCUT2D eigenvalue weighted by Gasteiger charge is -2.40. The van der Waals surface area contributed by atoms with Crippen LogP contribution in [-0.4, -0.2) is 45.0 Å². The van der Waals surface area contributed by atoms with Gasteiger partial charge in [0.15, 0.2) is 0 Å². The van der Waals surface area contributed by atoms with Gasteiger partial charge in [0, 0.05) is 17.9 Å². The second-order valence-electron chi connectivity index (χ2n) is 15.4. The van der Waals surface area contributed by atoms with Crippen LogP contribution in [0.25, 0.3) is 11.1 Å². The Bertz CT molecular complexity index is 1610. The molecular weight excluding hydrogens is 652 g/mol. The zero-order valence-corrected chi connectivity index (χ0v) is 31.6. The average molecular weight is 711 g/mol. The van der Waals surface area contributed by atoms with Gasteiger partial charge in [0.05, 0.1) is 37.9 Å². The molecule has 280 valence electrons. The van der Waals surface area contributed by atoms with Crippen LogP contribution in [0.15, 0.2) is 60.7 Å². The Morgan fingerprint density at radius 2 is 1.37 bits per heavy atom. The van der Waals surface area contributed by atoms with E-state index >= 15 is 0 Å². The first-order chi connectivity index (χ1) is 25.4. The van der Waals surface area contributed by atoms with Crippen molar-refractivity contribution in [3.63, 3.8) is 0 Å². The molecule has 1 unspecified atom stereocenters. The van der Waals surface area contributed by atoms with Gasteiger partial charge < -0.3 is 23.7 Å². The van der Waals surface area contributed by atoms with Crippen LogP contribution in [-0.2, 0) is 14.3 Å². The summed E-state index contributed by atoms with van der Waals surface area (Å²) in [5.41, 5.74) is 5.17. The van der Waals surface area contributed by atoms with Crippen molar-refractivity contribution < 1.29 is 33.3 Å². The molecule has 0 aromatic heterocycles. The molecular formula is C45H58O7. The smallest absolute Gasteiger partial charge is 0.343 e. The van der Waals surface area contributed by atoms with Crippen molar-refractivity contribution in [2.45, 2.75) is 110 Å². The van der Waals surface area contributed by atoms with E-state index in [1.807, 2.05) is 48.5 Å². The molecule has 7 heteroatoms. The fourth-order valence-electron chi connectivity index (χ4n) is 7.92. The third kappa shape index (κ3) is 9.64. The number of ether oxygens (including phenoxy) is 5. The molecule has 0 bridgehead atoms. The molecule has 3 aromatic carbocycles. The Labute approximate surface area is 310 Å². The van der Waals surface area contributed by atoms with Crippen molar-refractivity contribution >= 4 is 11.9 Å². The minimum Gasteiger partial charge on any atom is -0.494 e. The molecule has 2 fully saturated rings. The van der Waals surface area contributed by atoms with E-state index in [0.717, 1.165) is 118 Å². The number of unbranched alkanes of at least 4 members (excludes halogenated alkanes) is 5. The third-order valence-corrected chi connectivity index (χ3v) is 11.6. The number of benzene rings is 3. The van der Waals surface area contributed by atoms with Crippen molar-refractivity contribution in [3.8, 4) is 28.4 Å². The third-order valence-electron chi connectivity index (χ3n) is 11.6. The number of hydrogen-bond acceptors (Lipinski definition) is 7. The summed E-state index contributed by atoms with van der Waals surface area (Å²) >= 11 is 0. The Hall–Kier alpha value is -3.68. The van der Waals surface area contributed by atoms with Crippen LogP contribution in [0.2, 0.25) is 0 Å². The molecule has 3 aromatic rings. The van der Waals surface area contributed by atoms with Crippen molar-refractivity contribution in [3.05, 3.63) is 77.4 Å². The zero-order chi connectivity index (χ0) is 36.3. The molecule has 52 heavy (non-hydrogen) atoms. The summed E-state index contributed by atoms with van der Waals surface area (Å²) in [6, 6.07) is 18.9. The summed E-state index contributed by atoms with van der Waals surface area (Å²) in [6.45, 7) is 10.5. The van der Waals surface area contributed by atoms with Gasteiger partial charge in [0.2, 0.25) is 0 Å². The molecule has 3 aliphatic rings. The van der Waals surface area contributed by atoms with Crippen LogP contribution in [0.5, 0.6) is 17.2 Å². The number of carbonyl (C=O) groups is 2. The topological polar surface area (TPSA) is 80.3 Å². The monoisotopic (exact) mass is 710 g/mol. The summed E-state index contributed by atoms with van der Waals surface area (Å²) in [5, 5.41) is 0. The molecule has 6 rings (SSSR count). The van der Waals surface area contributed by atoms with Crippen LogP contribution >= 0.6 is 0 Å². The van der Waals surface area contributed by atoms with Crippen LogP contribution in [0.4, 0.5) is 0 Å². The molecule has 0 radical (unpaired) electrons. The van der Waals surface area contributed by atoms with Gasteiger partial charge in [-0.15, -0.1) is 0 Å². The fourth-order valence-corrected chi connectivity index (χ4v) is 7.92. The molecule has 0 N–H and O–H groups in total. The molecule has 2 aliphatic carbocycles. The summed E-state index contributed by atoms with van der Waals surface area (Å²) in [7, 11) is 0. The Morgan fingerprint density at radius 3 is 1.98 bits per heavy atom. The van der Waals surface area contributed by atoms with Gasteiger partial charge in [-0.2, -0.15) is 0 Å². The molecule has 7 nitrogen and oxygen atoms in total. The second kappa shape index (κ2) is 18.4. The van der Waals surface area contributed by atoms with E-state index in [1.165, 1.54) is 25.7 Å². The second-order valence-corrected chi connectivity index (χ2v) is 15.4. The average Bonchev–Trinajstić information content (AvgIpc) is 3.42. The van der Waals surface area contributed by atoms with Gasteiger partial charge in [-0.05, 0) is 128 Å². The first kappa shape index (κ1) is 38.1. The first-order valence-electron chi connectivity index (χ1n) is 20.0. The van der Waals surface area contributed by atoms with Crippen LogP contribution in [0, 0.1) is 17.3 Å². The molecule has 1 aliphatic heterocycles. The van der Waals surface area contributed by atoms with Gasteiger partial charge >= 0.3 is 11.9 Å². The lowest BCUT2D eigenvalue weighted by Crippen LogP contribution is -2.45. The zero-order valence-electron chi connectivity index (χ0n) is 31.6. The van der Waals surface area contributed by atoms with Crippen LogP contribution < -0.4 is 14.2 Å². The highest BCUT2D eigenvalue weighted by molar-refractivity contribution is 5.91. The molecule has 1 heterocycles. The summed E-state index contributed by atoms with van der Waals surface area (Å²) < 4.78 is 28.9. The Morgan fingerprint density at radius 1 is 0.731 bits per heavy atom. The molecule has 1 saturated carbocycles. The van der Waals surface area contributed by atoms with Crippen molar-refractivity contribution in [1.29, 1.82) is 0 Å². The van der Waals surface area contributed by atoms with Crippen LogP contribution in [0.1, 0.15) is 132 Å². The Balaban J connectivity index is 0.920. The summed E-state index contributed by atoms with van der Waals surface area (Å²) in [6.07, 6.45) is 14.6. The standard InChI is InChI=1S/C45H58O7/c1-4-6-9-12-33-13-15-34(16-14-33)43(46)51-37-21-23-39-40-24-22-38(28-42(40)32(3)41(39)27-37)52-44(47)35-17-19-36(20-18-35)50-26-11-8-7-10-25-48-29-45(5-2)30-49-31-45/h17-24,27-28,32-34H,4-16,25-26,29-31H2,1-3H3. The normalized spacial score (nSPS) is 20.0. The maximum atomic E-state index is 13.1. The van der Waals surface area contributed by atoms with Crippen molar-refractivity contribution in [2.24, 2.45) is 17.3 Å². The highest BCUT2D eigenvalue weighted by Gasteiger charge is 2.37. The van der Waals surface area contributed by atoms with Gasteiger partial charge in [0.25, 0.3) is 0 Å². The molecule has 0 spiro atoms. The van der Waals surface area contributed by atoms with Gasteiger partial charge in [-0.25, -0.2) is 4.79 Å². The summed E-state index contributed by atoms with van der Waals surface area (Å²) in [5.74, 6) is 2.17. The van der Waals surface area contributed by atoms with Gasteiger partial charge in [0.1, 0.15) is 17.2 Å². The van der Waals surface area contributed by atoms with E-state index < -0.39 is 5.97 Å². The lowest BCUT2D eigenvalue weighted by molar-refractivity contribution is -0.150. The molecule has 1 saturated heterocycles. The maximum absolute atomic E-state index is 13.1. The largest absolute Gasteiger partial charge is 0.494 e. The van der Waals surface area contributed by atoms with E-state index in [4.69, 9.17) is 23.7 Å². The van der Waals surface area contributed by atoms with E-state index in [9.17, 15) is 9.59 Å². The number of esters is 2.